The molecule has 19 heavy (non-hydrogen) atoms. The van der Waals surface area contributed by atoms with Crippen LogP contribution in [0.15, 0.2) is 29.3 Å². The number of nitrogens with one attached hydrogen (secondary N) is 3. The molecule has 0 saturated heterocycles. The van der Waals surface area contributed by atoms with Crippen molar-refractivity contribution in [3.8, 4) is 0 Å². The number of H-pyrrole nitrogens is 1. The summed E-state index contributed by atoms with van der Waals surface area (Å²) in [4.78, 5) is 22.9. The number of nitrogens with two attached hydrogens (primary N) is 1. The average Bonchev–Trinajstić information content (AvgIpc) is 2.91. The summed E-state index contributed by atoms with van der Waals surface area (Å²) in [6.07, 6.45) is 5.57. The lowest BCUT2D eigenvalue weighted by atomic mass is 10.2. The first-order valence-corrected chi connectivity index (χ1v) is 6.37. The number of anilines is 1. The van der Waals surface area contributed by atoms with Crippen LogP contribution in [0, 0.1) is 0 Å². The maximum atomic E-state index is 12.0. The van der Waals surface area contributed by atoms with Crippen molar-refractivity contribution in [2.75, 3.05) is 12.0 Å². The molecule has 7 nitrogen and oxygen atoms in total. The normalized spacial score (nSPS) is 10.2. The van der Waals surface area contributed by atoms with Gasteiger partial charge in [-0.3, -0.25) is 4.79 Å². The highest BCUT2D eigenvalue weighted by molar-refractivity contribution is 9.10. The van der Waals surface area contributed by atoms with Gasteiger partial charge in [0, 0.05) is 35.5 Å². The Morgan fingerprint density at radius 3 is 3.00 bits per heavy atom. The molecule has 0 atom stereocenters. The first-order chi connectivity index (χ1) is 9.20. The number of imidazole rings is 1. The summed E-state index contributed by atoms with van der Waals surface area (Å²) in [5.41, 5.74) is 3.75. The largest absolute Gasteiger partial charge is 0.352 e. The van der Waals surface area contributed by atoms with E-state index in [1.807, 2.05) is 0 Å². The Morgan fingerprint density at radius 1 is 1.47 bits per heavy atom. The van der Waals surface area contributed by atoms with E-state index in [0.29, 0.717) is 28.8 Å². The first-order valence-electron chi connectivity index (χ1n) is 5.58. The minimum atomic E-state index is -0.235. The van der Waals surface area contributed by atoms with Gasteiger partial charge in [-0.05, 0) is 22.0 Å². The molecule has 0 fully saturated rings. The maximum Gasteiger partial charge on any atom is 0.255 e. The minimum absolute atomic E-state index is 0.235. The monoisotopic (exact) mass is 324 g/mol. The number of carbonyl (C=O) groups excluding carboxylic acids is 1. The van der Waals surface area contributed by atoms with E-state index in [0.717, 1.165) is 5.69 Å². The lowest BCUT2D eigenvalue weighted by Gasteiger charge is -2.08. The zero-order valence-electron chi connectivity index (χ0n) is 9.98. The number of aromatic amines is 1. The Hall–Kier alpha value is -1.93. The van der Waals surface area contributed by atoms with Gasteiger partial charge >= 0.3 is 0 Å². The number of nitrogen functional groups attached to an aromatic ring is 1. The van der Waals surface area contributed by atoms with Gasteiger partial charge in [0.2, 0.25) is 0 Å². The summed E-state index contributed by atoms with van der Waals surface area (Å²) in [7, 11) is 0. The predicted octanol–water partition coefficient (Wildman–Crippen LogP) is 0.825. The standard InChI is InChI=1S/C11H13BrN6O/c12-7-3-9(10(18-13)16-4-7)11(19)15-2-1-8-5-14-6-17-8/h3-6H,1-2,13H2,(H,14,17)(H,15,19)(H,16,18). The number of nitrogens with zero attached hydrogens (tertiary/aromatic N) is 2. The molecule has 2 heterocycles. The molecule has 2 aromatic heterocycles. The van der Waals surface area contributed by atoms with E-state index < -0.39 is 0 Å². The average molecular weight is 325 g/mol. The summed E-state index contributed by atoms with van der Waals surface area (Å²) < 4.78 is 0.713. The molecule has 0 unspecified atom stereocenters. The van der Waals surface area contributed by atoms with Crippen LogP contribution in [0.5, 0.6) is 0 Å². The molecule has 100 valence electrons. The Bertz CT molecular complexity index is 556. The molecular weight excluding hydrogens is 312 g/mol. The number of carbonyl (C=O) groups is 1. The smallest absolute Gasteiger partial charge is 0.255 e. The van der Waals surface area contributed by atoms with Crippen LogP contribution in [-0.2, 0) is 6.42 Å². The van der Waals surface area contributed by atoms with E-state index in [1.54, 1.807) is 24.8 Å². The Kier molecular flexibility index (Phi) is 4.48. The first kappa shape index (κ1) is 13.5. The summed E-state index contributed by atoms with van der Waals surface area (Å²) in [6.45, 7) is 0.498. The maximum absolute atomic E-state index is 12.0. The van der Waals surface area contributed by atoms with Crippen LogP contribution in [0.2, 0.25) is 0 Å². The molecule has 0 spiro atoms. The number of pyridine rings is 1. The van der Waals surface area contributed by atoms with Crippen LogP contribution in [-0.4, -0.2) is 27.4 Å². The van der Waals surface area contributed by atoms with Crippen molar-refractivity contribution in [1.82, 2.24) is 20.3 Å². The lowest BCUT2D eigenvalue weighted by Crippen LogP contribution is -2.27. The van der Waals surface area contributed by atoms with E-state index in [2.05, 4.69) is 41.6 Å². The molecule has 0 aliphatic heterocycles. The van der Waals surface area contributed by atoms with Crippen LogP contribution in [0.1, 0.15) is 16.1 Å². The highest BCUT2D eigenvalue weighted by atomic mass is 79.9. The van der Waals surface area contributed by atoms with Crippen LogP contribution in [0.3, 0.4) is 0 Å². The molecular formula is C11H13BrN6O. The van der Waals surface area contributed by atoms with Crippen LogP contribution >= 0.6 is 15.9 Å². The highest BCUT2D eigenvalue weighted by Gasteiger charge is 2.12. The Balaban J connectivity index is 1.97. The van der Waals surface area contributed by atoms with Crippen molar-refractivity contribution in [2.24, 2.45) is 5.84 Å². The number of hydrogen-bond donors (Lipinski definition) is 4. The Labute approximate surface area is 118 Å². The van der Waals surface area contributed by atoms with Gasteiger partial charge in [-0.25, -0.2) is 15.8 Å². The zero-order chi connectivity index (χ0) is 13.7. The van der Waals surface area contributed by atoms with Gasteiger partial charge in [-0.2, -0.15) is 0 Å². The van der Waals surface area contributed by atoms with Crippen LogP contribution in [0.4, 0.5) is 5.82 Å². The van der Waals surface area contributed by atoms with E-state index in [-0.39, 0.29) is 5.91 Å². The third-order valence-electron chi connectivity index (χ3n) is 2.47. The summed E-state index contributed by atoms with van der Waals surface area (Å²) >= 11 is 3.27. The number of halogens is 1. The second-order valence-electron chi connectivity index (χ2n) is 3.78. The van der Waals surface area contributed by atoms with Gasteiger partial charge in [-0.1, -0.05) is 0 Å². The van der Waals surface area contributed by atoms with Crippen LogP contribution in [0.25, 0.3) is 0 Å². The highest BCUT2D eigenvalue weighted by Crippen LogP contribution is 2.16. The SMILES string of the molecule is NNc1ncc(Br)cc1C(=O)NCCc1cnc[nH]1. The fraction of sp³-hybridized carbons (Fsp3) is 0.182. The molecule has 8 heteroatoms. The zero-order valence-corrected chi connectivity index (χ0v) is 11.6. The van der Waals surface area contributed by atoms with Crippen molar-refractivity contribution < 1.29 is 4.79 Å². The summed E-state index contributed by atoms with van der Waals surface area (Å²) in [6, 6.07) is 1.66. The van der Waals surface area contributed by atoms with Crippen molar-refractivity contribution in [2.45, 2.75) is 6.42 Å². The third-order valence-corrected chi connectivity index (χ3v) is 2.90. The number of hydrogen-bond acceptors (Lipinski definition) is 5. The quantitative estimate of drug-likeness (QED) is 0.481. The van der Waals surface area contributed by atoms with E-state index >= 15 is 0 Å². The van der Waals surface area contributed by atoms with E-state index in [4.69, 9.17) is 5.84 Å². The van der Waals surface area contributed by atoms with Gasteiger partial charge < -0.3 is 15.7 Å². The van der Waals surface area contributed by atoms with Gasteiger partial charge in [0.1, 0.15) is 0 Å². The number of hydrazine groups is 1. The van der Waals surface area contributed by atoms with Crippen LogP contribution < -0.4 is 16.6 Å². The summed E-state index contributed by atoms with van der Waals surface area (Å²) in [5, 5.41) is 2.80. The molecule has 2 rings (SSSR count). The number of aromatic nitrogens is 3. The third kappa shape index (κ3) is 3.52. The number of amides is 1. The van der Waals surface area contributed by atoms with E-state index in [1.165, 1.54) is 0 Å². The van der Waals surface area contributed by atoms with Gasteiger partial charge in [0.15, 0.2) is 5.82 Å². The predicted molar refractivity (Wildman–Crippen MR) is 74.4 cm³/mol. The van der Waals surface area contributed by atoms with Crippen molar-refractivity contribution in [3.63, 3.8) is 0 Å². The fourth-order valence-electron chi connectivity index (χ4n) is 1.55. The molecule has 0 aliphatic rings. The second-order valence-corrected chi connectivity index (χ2v) is 4.69. The molecule has 0 radical (unpaired) electrons. The molecule has 0 bridgehead atoms. The second kappa shape index (κ2) is 6.30. The minimum Gasteiger partial charge on any atom is -0.352 e. The van der Waals surface area contributed by atoms with E-state index in [9.17, 15) is 4.79 Å². The topological polar surface area (TPSA) is 109 Å². The van der Waals surface area contributed by atoms with Gasteiger partial charge in [-0.15, -0.1) is 0 Å². The van der Waals surface area contributed by atoms with Gasteiger partial charge in [0.25, 0.3) is 5.91 Å². The Morgan fingerprint density at radius 2 is 2.32 bits per heavy atom. The molecule has 0 aliphatic carbocycles. The molecule has 0 aromatic carbocycles. The number of rotatable bonds is 5. The fourth-order valence-corrected chi connectivity index (χ4v) is 1.89. The van der Waals surface area contributed by atoms with Crippen molar-refractivity contribution in [3.05, 3.63) is 40.5 Å². The molecule has 1 amide bonds. The summed E-state index contributed by atoms with van der Waals surface area (Å²) in [5.74, 6) is 5.42. The van der Waals surface area contributed by atoms with Crippen molar-refractivity contribution in [1.29, 1.82) is 0 Å². The van der Waals surface area contributed by atoms with Gasteiger partial charge in [0.05, 0.1) is 11.9 Å². The van der Waals surface area contributed by atoms with Crippen molar-refractivity contribution >= 4 is 27.7 Å². The molecule has 2 aromatic rings. The lowest BCUT2D eigenvalue weighted by molar-refractivity contribution is 0.0954. The molecule has 5 N–H and O–H groups in total. The molecule has 0 saturated carbocycles.